The lowest BCUT2D eigenvalue weighted by atomic mass is 9.82. The smallest absolute Gasteiger partial charge is 0.224 e. The van der Waals surface area contributed by atoms with Crippen molar-refractivity contribution in [3.63, 3.8) is 0 Å². The normalized spacial score (nSPS) is 19.2. The van der Waals surface area contributed by atoms with E-state index in [1.807, 2.05) is 13.8 Å². The first kappa shape index (κ1) is 36.0. The van der Waals surface area contributed by atoms with E-state index in [0.29, 0.717) is 36.0 Å². The largest absolute Gasteiger partial charge is 0.390 e. The number of aliphatic hydroxyl groups excluding tert-OH is 2. The molecule has 0 unspecified atom stereocenters. The molecule has 0 aliphatic heterocycles. The Labute approximate surface area is 247 Å². The van der Waals surface area contributed by atoms with E-state index < -0.39 is 24.2 Å². The van der Waals surface area contributed by atoms with Gasteiger partial charge >= 0.3 is 0 Å². The second-order valence-corrected chi connectivity index (χ2v) is 15.3. The molecule has 0 radical (unpaired) electrons. The summed E-state index contributed by atoms with van der Waals surface area (Å²) >= 11 is 7.73. The Morgan fingerprint density at radius 1 is 1.10 bits per heavy atom. The van der Waals surface area contributed by atoms with Gasteiger partial charge in [-0.25, -0.2) is 0 Å². The molecule has 1 saturated carbocycles. The fourth-order valence-corrected chi connectivity index (χ4v) is 6.13. The van der Waals surface area contributed by atoms with Gasteiger partial charge in [-0.05, 0) is 44.1 Å². The van der Waals surface area contributed by atoms with Crippen LogP contribution in [-0.2, 0) is 9.59 Å². The molecule has 0 spiro atoms. The number of amides is 2. The van der Waals surface area contributed by atoms with E-state index in [9.17, 15) is 19.8 Å². The molecule has 5 atom stereocenters. The molecular formula is C31H55ClN2O4S. The Kier molecular flexibility index (Phi) is 16.4. The number of thioether (sulfide) groups is 1. The number of hydrogen-bond donors (Lipinski definition) is 4. The molecule has 0 aromatic rings. The average Bonchev–Trinajstić information content (AvgIpc) is 2.83. The minimum Gasteiger partial charge on any atom is -0.390 e. The molecule has 2 amide bonds. The van der Waals surface area contributed by atoms with Crippen LogP contribution in [0.3, 0.4) is 0 Å². The van der Waals surface area contributed by atoms with Crippen LogP contribution >= 0.6 is 23.4 Å². The fraction of sp³-hybridized carbons (Fsp3) is 0.806. The van der Waals surface area contributed by atoms with Crippen LogP contribution in [0, 0.1) is 23.7 Å². The highest BCUT2D eigenvalue weighted by atomic mass is 35.5. The molecule has 0 heterocycles. The summed E-state index contributed by atoms with van der Waals surface area (Å²) in [6.07, 6.45) is 7.22. The van der Waals surface area contributed by atoms with E-state index in [0.717, 1.165) is 18.4 Å². The zero-order valence-electron chi connectivity index (χ0n) is 25.4. The quantitative estimate of drug-likeness (QED) is 0.161. The average molecular weight is 587 g/mol. The second-order valence-electron chi connectivity index (χ2n) is 12.9. The molecule has 0 aromatic heterocycles. The van der Waals surface area contributed by atoms with E-state index in [1.165, 1.54) is 19.3 Å². The predicted molar refractivity (Wildman–Crippen MR) is 166 cm³/mol. The lowest BCUT2D eigenvalue weighted by Gasteiger charge is -2.33. The number of carbonyl (C=O) groups is 2. The number of halogens is 1. The number of allylic oxidation sites excluding steroid dienone is 3. The first-order chi connectivity index (χ1) is 18.1. The molecule has 1 fully saturated rings. The van der Waals surface area contributed by atoms with Crippen LogP contribution in [0.2, 0.25) is 0 Å². The summed E-state index contributed by atoms with van der Waals surface area (Å²) in [6.45, 7) is 18.2. The fourth-order valence-electron chi connectivity index (χ4n) is 5.01. The van der Waals surface area contributed by atoms with Gasteiger partial charge in [0.05, 0.1) is 24.0 Å². The van der Waals surface area contributed by atoms with Crippen LogP contribution in [0.5, 0.6) is 0 Å². The molecule has 0 aromatic carbocycles. The molecule has 1 aliphatic rings. The van der Waals surface area contributed by atoms with E-state index >= 15 is 0 Å². The van der Waals surface area contributed by atoms with Crippen molar-refractivity contribution in [1.82, 2.24) is 10.6 Å². The van der Waals surface area contributed by atoms with Crippen LogP contribution in [-0.4, -0.2) is 57.3 Å². The zero-order valence-corrected chi connectivity index (χ0v) is 27.0. The van der Waals surface area contributed by atoms with Crippen LogP contribution in [0.4, 0.5) is 0 Å². The van der Waals surface area contributed by atoms with E-state index in [2.05, 4.69) is 38.0 Å². The topological polar surface area (TPSA) is 98.7 Å². The van der Waals surface area contributed by atoms with Gasteiger partial charge in [-0.2, -0.15) is 11.8 Å². The Hall–Kier alpha value is -1.02. The van der Waals surface area contributed by atoms with Gasteiger partial charge in [-0.3, -0.25) is 9.59 Å². The van der Waals surface area contributed by atoms with Gasteiger partial charge in [0, 0.05) is 22.1 Å². The zero-order chi connectivity index (χ0) is 29.8. The van der Waals surface area contributed by atoms with Gasteiger partial charge in [0.25, 0.3) is 0 Å². The maximum absolute atomic E-state index is 13.2. The van der Waals surface area contributed by atoms with Gasteiger partial charge in [0.1, 0.15) is 6.10 Å². The van der Waals surface area contributed by atoms with Gasteiger partial charge in [-0.15, -0.1) is 0 Å². The molecule has 6 nitrogen and oxygen atoms in total. The number of aliphatic hydroxyl groups is 2. The van der Waals surface area contributed by atoms with Crippen molar-refractivity contribution in [2.45, 2.75) is 123 Å². The molecule has 4 N–H and O–H groups in total. The summed E-state index contributed by atoms with van der Waals surface area (Å²) in [7, 11) is 0. The van der Waals surface area contributed by atoms with Gasteiger partial charge in [-0.1, -0.05) is 97.4 Å². The van der Waals surface area contributed by atoms with E-state index in [-0.39, 0.29) is 34.9 Å². The van der Waals surface area contributed by atoms with Crippen molar-refractivity contribution in [2.75, 3.05) is 12.3 Å². The van der Waals surface area contributed by atoms with Crippen molar-refractivity contribution in [1.29, 1.82) is 0 Å². The van der Waals surface area contributed by atoms with Gasteiger partial charge in [0.15, 0.2) is 0 Å². The minimum atomic E-state index is -1.02. The summed E-state index contributed by atoms with van der Waals surface area (Å²) in [5, 5.41) is 28.2. The highest BCUT2D eigenvalue weighted by Crippen LogP contribution is 2.30. The molecule has 0 bridgehead atoms. The van der Waals surface area contributed by atoms with Crippen LogP contribution < -0.4 is 10.6 Å². The summed E-state index contributed by atoms with van der Waals surface area (Å²) < 4.78 is 0.0135. The highest BCUT2D eigenvalue weighted by molar-refractivity contribution is 8.00. The van der Waals surface area contributed by atoms with Gasteiger partial charge in [0.2, 0.25) is 11.8 Å². The lowest BCUT2D eigenvalue weighted by molar-refractivity contribution is -0.128. The summed E-state index contributed by atoms with van der Waals surface area (Å²) in [4.78, 5) is 26.4. The van der Waals surface area contributed by atoms with Crippen molar-refractivity contribution >= 4 is 35.2 Å². The monoisotopic (exact) mass is 586 g/mol. The second kappa shape index (κ2) is 17.7. The van der Waals surface area contributed by atoms with Crippen LogP contribution in [0.25, 0.3) is 0 Å². The van der Waals surface area contributed by atoms with Crippen molar-refractivity contribution in [3.8, 4) is 0 Å². The molecule has 1 aliphatic carbocycles. The molecule has 8 heteroatoms. The third kappa shape index (κ3) is 15.5. The SMILES string of the molecule is C=C(/C=C(\C)Cl)C[C@H](CSC(C)(C)C)C(=O)NC[C@@H](C)C(=O)N[C@@H](CC1CCCCC1)[C@@H](O)[C@@H](O)CC(C)C. The summed E-state index contributed by atoms with van der Waals surface area (Å²) in [6, 6.07) is -0.516. The van der Waals surface area contributed by atoms with Crippen molar-refractivity contribution in [3.05, 3.63) is 23.3 Å². The third-order valence-electron chi connectivity index (χ3n) is 7.19. The molecule has 226 valence electrons. The first-order valence-electron chi connectivity index (χ1n) is 14.7. The Balaban J connectivity index is 2.83. The summed E-state index contributed by atoms with van der Waals surface area (Å²) in [5.74, 6) is 0.182. The molecule has 1 rings (SSSR count). The Morgan fingerprint density at radius 2 is 1.72 bits per heavy atom. The van der Waals surface area contributed by atoms with Gasteiger partial charge < -0.3 is 20.8 Å². The van der Waals surface area contributed by atoms with E-state index in [4.69, 9.17) is 11.6 Å². The number of hydrogen-bond acceptors (Lipinski definition) is 5. The number of carbonyl (C=O) groups excluding carboxylic acids is 2. The van der Waals surface area contributed by atoms with Crippen LogP contribution in [0.15, 0.2) is 23.3 Å². The number of nitrogens with one attached hydrogen (secondary N) is 2. The van der Waals surface area contributed by atoms with Crippen molar-refractivity contribution < 1.29 is 19.8 Å². The van der Waals surface area contributed by atoms with Crippen molar-refractivity contribution in [2.24, 2.45) is 23.7 Å². The standard InChI is InChI=1S/C31H55ClN2O4S/c1-20(2)14-27(35)28(36)26(17-24-12-10-9-11-13-24)34-29(37)22(4)18-33-30(38)25(19-39-31(6,7)8)16-21(3)15-23(5)32/h15,20,22,24-28,35-36H,3,9-14,16-19H2,1-2,4-8H3,(H,33,38)(H,34,37)/b23-15+/t22-,25-,26+,27+,28-/m1/s1. The predicted octanol–water partition coefficient (Wildman–Crippen LogP) is 6.20. The maximum Gasteiger partial charge on any atom is 0.224 e. The van der Waals surface area contributed by atoms with Crippen LogP contribution in [0.1, 0.15) is 99.8 Å². The molecular weight excluding hydrogens is 532 g/mol. The first-order valence-corrected chi connectivity index (χ1v) is 16.0. The summed E-state index contributed by atoms with van der Waals surface area (Å²) in [5.41, 5.74) is 0.794. The Bertz CT molecular complexity index is 801. The minimum absolute atomic E-state index is 0.0135. The Morgan fingerprint density at radius 3 is 2.26 bits per heavy atom. The highest BCUT2D eigenvalue weighted by Gasteiger charge is 2.32. The maximum atomic E-state index is 13.2. The third-order valence-corrected chi connectivity index (χ3v) is 8.73. The molecule has 0 saturated heterocycles. The molecule has 39 heavy (non-hydrogen) atoms. The van der Waals surface area contributed by atoms with E-state index in [1.54, 1.807) is 31.7 Å². The lowest BCUT2D eigenvalue weighted by Crippen LogP contribution is -2.52. The number of rotatable bonds is 16.